The average Bonchev–Trinajstić information content (AvgIpc) is 3.23. The largest absolute Gasteiger partial charge is 0.318 e. The lowest BCUT2D eigenvalue weighted by Crippen LogP contribution is -1.99. The Balaban J connectivity index is 1.69. The first kappa shape index (κ1) is 20.1. The number of nitriles is 1. The Hall–Kier alpha value is -2.23. The van der Waals surface area contributed by atoms with Gasteiger partial charge in [0.15, 0.2) is 4.34 Å². The summed E-state index contributed by atoms with van der Waals surface area (Å²) < 4.78 is 4.08. The molecule has 0 fully saturated rings. The number of fused-ring (bicyclic) bond motifs is 1. The first-order valence-corrected chi connectivity index (χ1v) is 11.1. The Labute approximate surface area is 187 Å². The number of benzene rings is 2. The summed E-state index contributed by atoms with van der Waals surface area (Å²) in [6.07, 6.45) is 1.91. The van der Waals surface area contributed by atoms with Gasteiger partial charge < -0.3 is 4.57 Å². The van der Waals surface area contributed by atoms with E-state index in [1.54, 1.807) is 17.4 Å². The summed E-state index contributed by atoms with van der Waals surface area (Å²) in [7, 11) is 0. The van der Waals surface area contributed by atoms with Gasteiger partial charge in [-0.05, 0) is 73.6 Å². The smallest absolute Gasteiger partial charge is 0.156 e. The summed E-state index contributed by atoms with van der Waals surface area (Å²) in [5.74, 6) is 0. The fourth-order valence-electron chi connectivity index (χ4n) is 3.17. The normalized spacial score (nSPS) is 11.8. The predicted molar refractivity (Wildman–Crippen MR) is 124 cm³/mol. The lowest BCUT2D eigenvalue weighted by molar-refractivity contribution is 0.964. The maximum Gasteiger partial charge on any atom is 0.156 e. The van der Waals surface area contributed by atoms with Gasteiger partial charge in [0.1, 0.15) is 6.07 Å². The van der Waals surface area contributed by atoms with Gasteiger partial charge in [-0.25, -0.2) is 4.98 Å². The Morgan fingerprint density at radius 2 is 1.93 bits per heavy atom. The SMILES string of the molecule is Cc1cc(/C=C(\C#N)Sc2nc3ccccc3s2)c(C)n1-c1ccc(Cl)c(Cl)c1. The zero-order valence-electron chi connectivity index (χ0n) is 15.6. The number of para-hydroxylation sites is 1. The number of hydrogen-bond donors (Lipinski definition) is 0. The first-order valence-electron chi connectivity index (χ1n) is 8.76. The number of thioether (sulfide) groups is 1. The van der Waals surface area contributed by atoms with Crippen molar-refractivity contribution in [3.8, 4) is 11.8 Å². The fourth-order valence-corrected chi connectivity index (χ4v) is 5.43. The summed E-state index contributed by atoms with van der Waals surface area (Å²) in [6, 6.07) is 17.9. The number of aromatic nitrogens is 2. The number of nitrogens with zero attached hydrogens (tertiary/aromatic N) is 3. The molecular formula is C22H15Cl2N3S2. The molecule has 0 amide bonds. The van der Waals surface area contributed by atoms with Gasteiger partial charge in [0, 0.05) is 17.1 Å². The minimum absolute atomic E-state index is 0.512. The molecule has 7 heteroatoms. The molecule has 0 bridgehead atoms. The van der Waals surface area contributed by atoms with Gasteiger partial charge in [0.05, 0.1) is 25.2 Å². The van der Waals surface area contributed by atoms with Crippen molar-refractivity contribution in [2.24, 2.45) is 0 Å². The molecule has 3 nitrogen and oxygen atoms in total. The highest BCUT2D eigenvalue weighted by Gasteiger charge is 2.13. The molecule has 144 valence electrons. The summed E-state index contributed by atoms with van der Waals surface area (Å²) in [5, 5.41) is 10.7. The van der Waals surface area contributed by atoms with Crippen molar-refractivity contribution in [1.29, 1.82) is 5.26 Å². The van der Waals surface area contributed by atoms with Crippen LogP contribution in [0.15, 0.2) is 57.8 Å². The van der Waals surface area contributed by atoms with Crippen LogP contribution in [0, 0.1) is 25.2 Å². The summed E-state index contributed by atoms with van der Waals surface area (Å²) in [4.78, 5) is 5.21. The molecule has 0 N–H and O–H groups in total. The molecule has 0 unspecified atom stereocenters. The number of rotatable bonds is 4. The molecule has 0 aliphatic carbocycles. The van der Waals surface area contributed by atoms with Gasteiger partial charge in [-0.3, -0.25) is 0 Å². The Morgan fingerprint density at radius 1 is 1.14 bits per heavy atom. The third-order valence-corrected chi connectivity index (χ3v) is 7.27. The minimum atomic E-state index is 0.512. The van der Waals surface area contributed by atoms with Gasteiger partial charge in [-0.1, -0.05) is 35.3 Å². The van der Waals surface area contributed by atoms with Crippen LogP contribution in [0.5, 0.6) is 0 Å². The molecule has 0 spiro atoms. The van der Waals surface area contributed by atoms with E-state index in [1.807, 2.05) is 56.3 Å². The standard InChI is InChI=1S/C22H15Cl2N3S2/c1-13-9-15(14(2)27(13)16-7-8-18(23)19(24)11-16)10-17(12-25)28-22-26-20-5-3-4-6-21(20)29-22/h3-11H,1-2H3/b17-10+. The van der Waals surface area contributed by atoms with Crippen molar-refractivity contribution in [3.63, 3.8) is 0 Å². The monoisotopic (exact) mass is 455 g/mol. The quantitative estimate of drug-likeness (QED) is 0.234. The van der Waals surface area contributed by atoms with Crippen molar-refractivity contribution in [2.45, 2.75) is 18.2 Å². The molecule has 0 atom stereocenters. The van der Waals surface area contributed by atoms with E-state index >= 15 is 0 Å². The highest BCUT2D eigenvalue weighted by atomic mass is 35.5. The predicted octanol–water partition coefficient (Wildman–Crippen LogP) is 7.67. The van der Waals surface area contributed by atoms with E-state index in [9.17, 15) is 5.26 Å². The number of thiazole rings is 1. The minimum Gasteiger partial charge on any atom is -0.318 e. The molecule has 29 heavy (non-hydrogen) atoms. The first-order chi connectivity index (χ1) is 14.0. The highest BCUT2D eigenvalue weighted by Crippen LogP contribution is 2.35. The van der Waals surface area contributed by atoms with Crippen LogP contribution in [-0.2, 0) is 0 Å². The zero-order valence-corrected chi connectivity index (χ0v) is 18.8. The van der Waals surface area contributed by atoms with E-state index in [-0.39, 0.29) is 0 Å². The lowest BCUT2D eigenvalue weighted by atomic mass is 10.2. The maximum absolute atomic E-state index is 9.67. The van der Waals surface area contributed by atoms with Crippen molar-refractivity contribution >= 4 is 62.6 Å². The van der Waals surface area contributed by atoms with Crippen LogP contribution in [0.4, 0.5) is 0 Å². The molecule has 2 heterocycles. The molecule has 0 radical (unpaired) electrons. The molecule has 0 aliphatic rings. The molecule has 2 aromatic heterocycles. The second-order valence-electron chi connectivity index (χ2n) is 6.43. The highest BCUT2D eigenvalue weighted by molar-refractivity contribution is 8.05. The van der Waals surface area contributed by atoms with E-state index in [1.165, 1.54) is 11.8 Å². The van der Waals surface area contributed by atoms with Gasteiger partial charge in [-0.2, -0.15) is 5.26 Å². The van der Waals surface area contributed by atoms with Crippen molar-refractivity contribution in [3.05, 3.63) is 80.4 Å². The number of hydrogen-bond acceptors (Lipinski definition) is 4. The zero-order chi connectivity index (χ0) is 20.5. The maximum atomic E-state index is 9.67. The van der Waals surface area contributed by atoms with Gasteiger partial charge >= 0.3 is 0 Å². The summed E-state index contributed by atoms with van der Waals surface area (Å²) in [5.41, 5.74) is 4.95. The number of allylic oxidation sites excluding steroid dienone is 1. The third-order valence-electron chi connectivity index (χ3n) is 4.50. The summed E-state index contributed by atoms with van der Waals surface area (Å²) >= 11 is 15.2. The van der Waals surface area contributed by atoms with Crippen LogP contribution >= 0.6 is 46.3 Å². The lowest BCUT2D eigenvalue weighted by Gasteiger charge is -2.10. The van der Waals surface area contributed by atoms with Crippen molar-refractivity contribution < 1.29 is 0 Å². The molecule has 4 aromatic rings. The Kier molecular flexibility index (Phi) is 5.71. The van der Waals surface area contributed by atoms with Crippen molar-refractivity contribution in [2.75, 3.05) is 0 Å². The van der Waals surface area contributed by atoms with E-state index in [2.05, 4.69) is 21.7 Å². The van der Waals surface area contributed by atoms with Gasteiger partial charge in [0.25, 0.3) is 0 Å². The van der Waals surface area contributed by atoms with E-state index in [0.717, 1.165) is 37.2 Å². The summed E-state index contributed by atoms with van der Waals surface area (Å²) in [6.45, 7) is 4.05. The van der Waals surface area contributed by atoms with Crippen LogP contribution in [0.2, 0.25) is 10.0 Å². The molecule has 0 saturated heterocycles. The van der Waals surface area contributed by atoms with E-state index in [4.69, 9.17) is 23.2 Å². The van der Waals surface area contributed by atoms with Crippen LogP contribution in [0.25, 0.3) is 22.0 Å². The Morgan fingerprint density at radius 3 is 2.66 bits per heavy atom. The molecule has 2 aromatic carbocycles. The van der Waals surface area contributed by atoms with Crippen LogP contribution in [-0.4, -0.2) is 9.55 Å². The molecule has 0 saturated carbocycles. The van der Waals surface area contributed by atoms with Crippen LogP contribution in [0.3, 0.4) is 0 Å². The Bertz CT molecular complexity index is 1260. The topological polar surface area (TPSA) is 41.6 Å². The average molecular weight is 456 g/mol. The van der Waals surface area contributed by atoms with Crippen molar-refractivity contribution in [1.82, 2.24) is 9.55 Å². The van der Waals surface area contributed by atoms with Gasteiger partial charge in [-0.15, -0.1) is 11.3 Å². The number of aryl methyl sites for hydroxylation is 1. The van der Waals surface area contributed by atoms with Crippen LogP contribution in [0.1, 0.15) is 17.0 Å². The van der Waals surface area contributed by atoms with E-state index < -0.39 is 0 Å². The molecule has 0 aliphatic heterocycles. The molecule has 4 rings (SSSR count). The second kappa shape index (κ2) is 8.25. The molecular weight excluding hydrogens is 441 g/mol. The van der Waals surface area contributed by atoms with Crippen LogP contribution < -0.4 is 0 Å². The fraction of sp³-hybridized carbons (Fsp3) is 0.0909. The second-order valence-corrected chi connectivity index (χ2v) is 9.56. The number of halogens is 2. The van der Waals surface area contributed by atoms with E-state index in [0.29, 0.717) is 15.0 Å². The van der Waals surface area contributed by atoms with Gasteiger partial charge in [0.2, 0.25) is 0 Å². The third kappa shape index (κ3) is 4.08.